The molecule has 1 amide bonds. The molecule has 4 rings (SSSR count). The number of thiazole rings is 1. The number of imidazole rings is 1. The van der Waals surface area contributed by atoms with Crippen molar-refractivity contribution >= 4 is 32.4 Å². The molecule has 5 nitrogen and oxygen atoms in total. The number of nitrogens with one attached hydrogen (secondary N) is 2. The van der Waals surface area contributed by atoms with Gasteiger partial charge in [0.1, 0.15) is 5.69 Å². The number of hydrogen-bond acceptors (Lipinski definition) is 4. The Hall–Kier alpha value is -2.86. The number of carbonyl (C=O) groups is 1. The van der Waals surface area contributed by atoms with Crippen LogP contribution in [0.3, 0.4) is 0 Å². The van der Waals surface area contributed by atoms with Crippen molar-refractivity contribution in [2.75, 3.05) is 0 Å². The monoisotopic (exact) mass is 308 g/mol. The molecule has 0 saturated carbocycles. The smallest absolute Gasteiger partial charge is 0.275 e. The zero-order valence-corrected chi connectivity index (χ0v) is 12.4. The molecule has 2 aromatic heterocycles. The molecule has 0 saturated heterocycles. The molecule has 1 aromatic carbocycles. The molecule has 0 unspecified atom stereocenters. The van der Waals surface area contributed by atoms with Crippen molar-refractivity contribution in [1.29, 1.82) is 0 Å². The van der Waals surface area contributed by atoms with Gasteiger partial charge in [-0.2, -0.15) is 0 Å². The predicted octanol–water partition coefficient (Wildman–Crippen LogP) is 2.79. The second kappa shape index (κ2) is 4.85. The van der Waals surface area contributed by atoms with Crippen LogP contribution in [0.15, 0.2) is 66.8 Å². The van der Waals surface area contributed by atoms with Gasteiger partial charge >= 0.3 is 0 Å². The molecule has 108 valence electrons. The van der Waals surface area contributed by atoms with Gasteiger partial charge in [0.2, 0.25) is 0 Å². The van der Waals surface area contributed by atoms with E-state index < -0.39 is 0 Å². The molecule has 0 radical (unpaired) electrons. The quantitative estimate of drug-likeness (QED) is 0.765. The minimum Gasteiger partial charge on any atom is -0.360 e. The number of hydrogen-bond donors (Lipinski definition) is 2. The zero-order chi connectivity index (χ0) is 15.1. The molecule has 0 fully saturated rings. The fourth-order valence-corrected chi connectivity index (χ4v) is 3.30. The summed E-state index contributed by atoms with van der Waals surface area (Å²) in [5.74, 6) is -0.231. The Morgan fingerprint density at radius 1 is 1.32 bits per heavy atom. The van der Waals surface area contributed by atoms with Crippen LogP contribution >= 0.6 is 11.3 Å². The van der Waals surface area contributed by atoms with Gasteiger partial charge in [-0.25, -0.2) is 4.98 Å². The Kier molecular flexibility index (Phi) is 2.83. The number of benzene rings is 1. The summed E-state index contributed by atoms with van der Waals surface area (Å²) in [6.07, 6.45) is 7.07. The van der Waals surface area contributed by atoms with Crippen molar-refractivity contribution in [2.45, 2.75) is 0 Å². The number of para-hydroxylation sites is 1. The number of carbonyl (C=O) groups excluding carboxylic acids is 1. The largest absolute Gasteiger partial charge is 0.360 e. The summed E-state index contributed by atoms with van der Waals surface area (Å²) in [6, 6.07) is 8.04. The Bertz CT molecular complexity index is 977. The number of fused-ring (bicyclic) bond motifs is 3. The molecular weight excluding hydrogens is 296 g/mol. The van der Waals surface area contributed by atoms with Crippen LogP contribution in [0.5, 0.6) is 0 Å². The van der Waals surface area contributed by atoms with Crippen molar-refractivity contribution < 1.29 is 4.79 Å². The lowest BCUT2D eigenvalue weighted by Crippen LogP contribution is -2.25. The summed E-state index contributed by atoms with van der Waals surface area (Å²) >= 11 is 1.57. The fourth-order valence-electron chi connectivity index (χ4n) is 2.29. The number of allylic oxidation sites excluding steroid dienone is 2. The topological polar surface area (TPSA) is 58.4 Å². The average molecular weight is 308 g/mol. The molecule has 0 bridgehead atoms. The first-order valence-corrected chi connectivity index (χ1v) is 7.54. The highest BCUT2D eigenvalue weighted by Crippen LogP contribution is 2.25. The molecule has 2 N–H and O–H groups in total. The van der Waals surface area contributed by atoms with Crippen molar-refractivity contribution in [3.63, 3.8) is 0 Å². The molecule has 3 heterocycles. The maximum absolute atomic E-state index is 12.3. The van der Waals surface area contributed by atoms with E-state index in [-0.39, 0.29) is 5.91 Å². The second-order valence-electron chi connectivity index (χ2n) is 4.91. The predicted molar refractivity (Wildman–Crippen MR) is 87.5 cm³/mol. The maximum atomic E-state index is 12.3. The SMILES string of the molecule is C=C1C=CC(NC(=O)c2cn3c(n2)sc2ccccc23)=CN1. The van der Waals surface area contributed by atoms with Gasteiger partial charge < -0.3 is 10.6 Å². The standard InChI is InChI=1S/C16H12N4OS/c1-10-6-7-11(8-17-10)18-15(21)12-9-20-13-4-2-3-5-14(13)22-16(20)19-12/h2-9,17H,1H2,(H,18,21). The third kappa shape index (κ3) is 2.10. The molecular formula is C16H12N4OS. The van der Waals surface area contributed by atoms with E-state index in [1.54, 1.807) is 35.9 Å². The van der Waals surface area contributed by atoms with Crippen LogP contribution in [0.1, 0.15) is 10.5 Å². The van der Waals surface area contributed by atoms with Crippen LogP contribution in [0, 0.1) is 0 Å². The van der Waals surface area contributed by atoms with Crippen LogP contribution in [0.25, 0.3) is 15.2 Å². The number of rotatable bonds is 2. The molecule has 1 aliphatic rings. The Balaban J connectivity index is 1.65. The summed E-state index contributed by atoms with van der Waals surface area (Å²) in [6.45, 7) is 3.77. The van der Waals surface area contributed by atoms with Crippen LogP contribution in [-0.4, -0.2) is 15.3 Å². The van der Waals surface area contributed by atoms with Gasteiger partial charge in [0.05, 0.1) is 15.9 Å². The van der Waals surface area contributed by atoms with Gasteiger partial charge in [0.25, 0.3) is 5.91 Å². The Labute approximate surface area is 130 Å². The lowest BCUT2D eigenvalue weighted by Gasteiger charge is -2.10. The van der Waals surface area contributed by atoms with Crippen molar-refractivity contribution in [1.82, 2.24) is 20.0 Å². The molecule has 1 aliphatic heterocycles. The van der Waals surface area contributed by atoms with E-state index in [4.69, 9.17) is 0 Å². The van der Waals surface area contributed by atoms with Crippen LogP contribution in [0.4, 0.5) is 0 Å². The van der Waals surface area contributed by atoms with Crippen LogP contribution < -0.4 is 10.6 Å². The van der Waals surface area contributed by atoms with Crippen molar-refractivity contribution in [2.24, 2.45) is 0 Å². The number of aromatic nitrogens is 2. The summed E-state index contributed by atoms with van der Waals surface area (Å²) in [7, 11) is 0. The summed E-state index contributed by atoms with van der Waals surface area (Å²) in [4.78, 5) is 17.5. The van der Waals surface area contributed by atoms with E-state index in [1.807, 2.05) is 28.7 Å². The normalized spacial score (nSPS) is 14.2. The van der Waals surface area contributed by atoms with Crippen molar-refractivity contribution in [3.8, 4) is 0 Å². The highest BCUT2D eigenvalue weighted by Gasteiger charge is 2.15. The number of amides is 1. The van der Waals surface area contributed by atoms with Gasteiger partial charge in [0.15, 0.2) is 4.96 Å². The molecule has 6 heteroatoms. The minimum absolute atomic E-state index is 0.231. The first-order chi connectivity index (χ1) is 10.7. The fraction of sp³-hybridized carbons (Fsp3) is 0. The molecule has 0 spiro atoms. The maximum Gasteiger partial charge on any atom is 0.275 e. The average Bonchev–Trinajstić information content (AvgIpc) is 3.07. The first-order valence-electron chi connectivity index (χ1n) is 6.72. The third-order valence-corrected chi connectivity index (χ3v) is 4.40. The van der Waals surface area contributed by atoms with E-state index in [1.165, 1.54) is 0 Å². The third-order valence-electron chi connectivity index (χ3n) is 3.37. The Morgan fingerprint density at radius 2 is 2.18 bits per heavy atom. The van der Waals surface area contributed by atoms with E-state index in [9.17, 15) is 4.79 Å². The zero-order valence-electron chi connectivity index (χ0n) is 11.5. The lowest BCUT2D eigenvalue weighted by atomic mass is 10.3. The van der Waals surface area contributed by atoms with Gasteiger partial charge in [-0.3, -0.25) is 9.20 Å². The van der Waals surface area contributed by atoms with Gasteiger partial charge in [-0.15, -0.1) is 0 Å². The minimum atomic E-state index is -0.231. The molecule has 22 heavy (non-hydrogen) atoms. The summed E-state index contributed by atoms with van der Waals surface area (Å²) < 4.78 is 3.10. The summed E-state index contributed by atoms with van der Waals surface area (Å²) in [5.41, 5.74) is 2.92. The van der Waals surface area contributed by atoms with E-state index in [0.29, 0.717) is 11.4 Å². The summed E-state index contributed by atoms with van der Waals surface area (Å²) in [5, 5.41) is 5.77. The van der Waals surface area contributed by atoms with E-state index in [0.717, 1.165) is 20.9 Å². The lowest BCUT2D eigenvalue weighted by molar-refractivity contribution is 0.0962. The van der Waals surface area contributed by atoms with E-state index in [2.05, 4.69) is 22.2 Å². The molecule has 0 aliphatic carbocycles. The highest BCUT2D eigenvalue weighted by molar-refractivity contribution is 7.23. The highest BCUT2D eigenvalue weighted by atomic mass is 32.1. The first kappa shape index (κ1) is 12.8. The van der Waals surface area contributed by atoms with Gasteiger partial charge in [-0.1, -0.05) is 30.0 Å². The second-order valence-corrected chi connectivity index (χ2v) is 5.91. The van der Waals surface area contributed by atoms with Gasteiger partial charge in [0, 0.05) is 18.1 Å². The van der Waals surface area contributed by atoms with Crippen LogP contribution in [-0.2, 0) is 0 Å². The van der Waals surface area contributed by atoms with E-state index >= 15 is 0 Å². The van der Waals surface area contributed by atoms with Crippen LogP contribution in [0.2, 0.25) is 0 Å². The number of nitrogens with zero attached hydrogens (tertiary/aromatic N) is 2. The Morgan fingerprint density at radius 3 is 3.00 bits per heavy atom. The molecule has 0 atom stereocenters. The molecule has 3 aromatic rings. The van der Waals surface area contributed by atoms with Gasteiger partial charge in [-0.05, 0) is 24.3 Å². The van der Waals surface area contributed by atoms with Crippen molar-refractivity contribution in [3.05, 3.63) is 72.5 Å². The number of dihydropyridines is 1.